The van der Waals surface area contributed by atoms with Crippen molar-refractivity contribution in [2.45, 2.75) is 25.2 Å². The minimum atomic E-state index is -0.831. The van der Waals surface area contributed by atoms with Gasteiger partial charge in [-0.15, -0.1) is 11.8 Å². The maximum atomic E-state index is 10.7. The molecule has 1 heterocycles. The van der Waals surface area contributed by atoms with Crippen molar-refractivity contribution in [2.75, 3.05) is 5.75 Å². The first kappa shape index (κ1) is 11.9. The summed E-state index contributed by atoms with van der Waals surface area (Å²) in [4.78, 5) is 11.8. The topological polar surface area (TPSA) is 50.4 Å². The van der Waals surface area contributed by atoms with Crippen LogP contribution in [0.15, 0.2) is 33.3 Å². The first-order valence-electron chi connectivity index (χ1n) is 4.74. The number of carbonyl (C=O) groups is 1. The SMILES string of the molecule is CC/C(=C/CSc1ccoc1C)C(=O)O. The largest absolute Gasteiger partial charge is 0.478 e. The Bertz CT molecular complexity index is 366. The fraction of sp³-hybridized carbons (Fsp3) is 0.364. The molecule has 0 spiro atoms. The van der Waals surface area contributed by atoms with Crippen LogP contribution in [0, 0.1) is 6.92 Å². The van der Waals surface area contributed by atoms with E-state index in [1.54, 1.807) is 24.1 Å². The van der Waals surface area contributed by atoms with Gasteiger partial charge in [-0.05, 0) is 19.4 Å². The Labute approximate surface area is 93.2 Å². The Kier molecular flexibility index (Phi) is 4.49. The molecule has 0 aliphatic carbocycles. The molecule has 3 nitrogen and oxygen atoms in total. The highest BCUT2D eigenvalue weighted by atomic mass is 32.2. The van der Waals surface area contributed by atoms with E-state index in [-0.39, 0.29) is 0 Å². The standard InChI is InChI=1S/C11H14O3S/c1-3-9(11(12)13)5-7-15-10-4-6-14-8(10)2/h4-6H,3,7H2,1-2H3,(H,12,13)/b9-5-. The Morgan fingerprint density at radius 3 is 2.87 bits per heavy atom. The molecule has 4 heteroatoms. The van der Waals surface area contributed by atoms with Crippen LogP contribution in [0.2, 0.25) is 0 Å². The van der Waals surface area contributed by atoms with Crippen LogP contribution in [0.4, 0.5) is 0 Å². The normalized spacial score (nSPS) is 11.7. The molecule has 0 saturated carbocycles. The van der Waals surface area contributed by atoms with E-state index < -0.39 is 5.97 Å². The zero-order chi connectivity index (χ0) is 11.3. The van der Waals surface area contributed by atoms with Crippen LogP contribution in [-0.4, -0.2) is 16.8 Å². The molecule has 0 bridgehead atoms. The molecule has 0 aliphatic heterocycles. The summed E-state index contributed by atoms with van der Waals surface area (Å²) in [5.74, 6) is 0.708. The van der Waals surface area contributed by atoms with Crippen LogP contribution in [0.5, 0.6) is 0 Å². The molecule has 0 aromatic carbocycles. The van der Waals surface area contributed by atoms with Crippen LogP contribution < -0.4 is 0 Å². The van der Waals surface area contributed by atoms with Crippen molar-refractivity contribution in [1.29, 1.82) is 0 Å². The average molecular weight is 226 g/mol. The summed E-state index contributed by atoms with van der Waals surface area (Å²) in [6.45, 7) is 3.73. The molecule has 82 valence electrons. The number of hydrogen-bond acceptors (Lipinski definition) is 3. The second-order valence-corrected chi connectivity index (χ2v) is 4.10. The van der Waals surface area contributed by atoms with E-state index in [1.165, 1.54) is 0 Å². The van der Waals surface area contributed by atoms with Gasteiger partial charge in [0.15, 0.2) is 0 Å². The van der Waals surface area contributed by atoms with E-state index in [9.17, 15) is 4.79 Å². The lowest BCUT2D eigenvalue weighted by Crippen LogP contribution is -1.99. The number of carboxylic acids is 1. The molecule has 1 rings (SSSR count). The average Bonchev–Trinajstić information content (AvgIpc) is 2.58. The molecule has 0 atom stereocenters. The first-order chi connectivity index (χ1) is 7.15. The number of hydrogen-bond donors (Lipinski definition) is 1. The van der Waals surface area contributed by atoms with Gasteiger partial charge >= 0.3 is 5.97 Å². The van der Waals surface area contributed by atoms with Gasteiger partial charge in [-0.25, -0.2) is 4.79 Å². The highest BCUT2D eigenvalue weighted by Crippen LogP contribution is 2.23. The third kappa shape index (κ3) is 3.47. The van der Waals surface area contributed by atoms with Crippen molar-refractivity contribution in [3.05, 3.63) is 29.7 Å². The maximum Gasteiger partial charge on any atom is 0.331 e. The highest BCUT2D eigenvalue weighted by Gasteiger charge is 2.04. The monoisotopic (exact) mass is 226 g/mol. The summed E-state index contributed by atoms with van der Waals surface area (Å²) >= 11 is 1.58. The molecule has 1 aromatic rings. The molecular weight excluding hydrogens is 212 g/mol. The van der Waals surface area contributed by atoms with E-state index in [2.05, 4.69) is 0 Å². The van der Waals surface area contributed by atoms with Gasteiger partial charge in [0.2, 0.25) is 0 Å². The van der Waals surface area contributed by atoms with Gasteiger partial charge in [-0.2, -0.15) is 0 Å². The summed E-state index contributed by atoms with van der Waals surface area (Å²) in [6, 6.07) is 1.89. The van der Waals surface area contributed by atoms with E-state index in [4.69, 9.17) is 9.52 Å². The second kappa shape index (κ2) is 5.66. The molecule has 0 saturated heterocycles. The number of carboxylic acid groups (broad SMARTS) is 1. The van der Waals surface area contributed by atoms with Crippen molar-refractivity contribution in [3.63, 3.8) is 0 Å². The predicted molar refractivity (Wildman–Crippen MR) is 60.2 cm³/mol. The summed E-state index contributed by atoms with van der Waals surface area (Å²) < 4.78 is 5.14. The van der Waals surface area contributed by atoms with Gasteiger partial charge in [0.1, 0.15) is 5.76 Å². The van der Waals surface area contributed by atoms with Crippen LogP contribution in [0.25, 0.3) is 0 Å². The molecule has 0 fully saturated rings. The summed E-state index contributed by atoms with van der Waals surface area (Å²) in [5.41, 5.74) is 0.462. The van der Waals surface area contributed by atoms with Gasteiger partial charge in [-0.3, -0.25) is 0 Å². The van der Waals surface area contributed by atoms with Crippen molar-refractivity contribution in [3.8, 4) is 0 Å². The van der Waals surface area contributed by atoms with Crippen LogP contribution in [0.1, 0.15) is 19.1 Å². The van der Waals surface area contributed by atoms with Crippen LogP contribution in [-0.2, 0) is 4.79 Å². The predicted octanol–water partition coefficient (Wildman–Crippen LogP) is 3.10. The lowest BCUT2D eigenvalue weighted by atomic mass is 10.2. The van der Waals surface area contributed by atoms with Crippen LogP contribution in [0.3, 0.4) is 0 Å². The van der Waals surface area contributed by atoms with Gasteiger partial charge in [0, 0.05) is 16.2 Å². The number of rotatable bonds is 5. The van der Waals surface area contributed by atoms with Crippen molar-refractivity contribution in [1.82, 2.24) is 0 Å². The van der Waals surface area contributed by atoms with E-state index >= 15 is 0 Å². The summed E-state index contributed by atoms with van der Waals surface area (Å²) in [6.07, 6.45) is 3.94. The number of aryl methyl sites for hydroxylation is 1. The molecular formula is C11H14O3S. The van der Waals surface area contributed by atoms with E-state index in [0.717, 1.165) is 10.7 Å². The number of aliphatic carboxylic acids is 1. The summed E-state index contributed by atoms with van der Waals surface area (Å²) in [5, 5.41) is 8.79. The molecule has 0 amide bonds. The summed E-state index contributed by atoms with van der Waals surface area (Å²) in [7, 11) is 0. The Hall–Kier alpha value is -1.16. The van der Waals surface area contributed by atoms with Gasteiger partial charge in [-0.1, -0.05) is 13.0 Å². The van der Waals surface area contributed by atoms with Gasteiger partial charge < -0.3 is 9.52 Å². The number of thioether (sulfide) groups is 1. The van der Waals surface area contributed by atoms with Gasteiger partial charge in [0.05, 0.1) is 6.26 Å². The number of furan rings is 1. The zero-order valence-electron chi connectivity index (χ0n) is 8.82. The third-order valence-electron chi connectivity index (χ3n) is 2.04. The van der Waals surface area contributed by atoms with E-state index in [0.29, 0.717) is 17.7 Å². The minimum absolute atomic E-state index is 0.462. The highest BCUT2D eigenvalue weighted by molar-refractivity contribution is 7.99. The fourth-order valence-corrected chi connectivity index (χ4v) is 2.01. The third-order valence-corrected chi connectivity index (χ3v) is 3.10. The Balaban J connectivity index is 2.51. The molecule has 0 aliphatic rings. The maximum absolute atomic E-state index is 10.7. The molecule has 0 unspecified atom stereocenters. The first-order valence-corrected chi connectivity index (χ1v) is 5.73. The molecule has 1 N–H and O–H groups in total. The smallest absolute Gasteiger partial charge is 0.331 e. The van der Waals surface area contributed by atoms with Crippen molar-refractivity contribution >= 4 is 17.7 Å². The minimum Gasteiger partial charge on any atom is -0.478 e. The van der Waals surface area contributed by atoms with E-state index in [1.807, 2.05) is 19.9 Å². The van der Waals surface area contributed by atoms with Gasteiger partial charge in [0.25, 0.3) is 0 Å². The quantitative estimate of drug-likeness (QED) is 0.619. The van der Waals surface area contributed by atoms with Crippen molar-refractivity contribution < 1.29 is 14.3 Å². The molecule has 15 heavy (non-hydrogen) atoms. The molecule has 0 radical (unpaired) electrons. The fourth-order valence-electron chi connectivity index (χ4n) is 1.14. The van der Waals surface area contributed by atoms with Crippen molar-refractivity contribution in [2.24, 2.45) is 0 Å². The zero-order valence-corrected chi connectivity index (χ0v) is 9.63. The molecule has 1 aromatic heterocycles. The lowest BCUT2D eigenvalue weighted by Gasteiger charge is -1.98. The van der Waals surface area contributed by atoms with Crippen LogP contribution >= 0.6 is 11.8 Å². The Morgan fingerprint density at radius 2 is 2.40 bits per heavy atom. The lowest BCUT2D eigenvalue weighted by molar-refractivity contribution is -0.132. The second-order valence-electron chi connectivity index (χ2n) is 3.04. The Morgan fingerprint density at radius 1 is 1.67 bits per heavy atom.